The van der Waals surface area contributed by atoms with Crippen molar-refractivity contribution in [2.75, 3.05) is 26.3 Å². The first-order chi connectivity index (χ1) is 10.8. The van der Waals surface area contributed by atoms with Gasteiger partial charge in [-0.3, -0.25) is 0 Å². The van der Waals surface area contributed by atoms with Crippen molar-refractivity contribution in [1.29, 1.82) is 0 Å². The van der Waals surface area contributed by atoms with Gasteiger partial charge in [0.2, 0.25) is 0 Å². The van der Waals surface area contributed by atoms with Crippen molar-refractivity contribution in [1.82, 2.24) is 15.2 Å². The maximum absolute atomic E-state index is 12.4. The Morgan fingerprint density at radius 1 is 1.50 bits per heavy atom. The molecule has 1 saturated carbocycles. The van der Waals surface area contributed by atoms with Crippen LogP contribution in [0.15, 0.2) is 5.38 Å². The van der Waals surface area contributed by atoms with E-state index in [0.717, 1.165) is 36.2 Å². The Labute approximate surface area is 136 Å². The van der Waals surface area contributed by atoms with Gasteiger partial charge in [0, 0.05) is 24.4 Å². The van der Waals surface area contributed by atoms with Crippen molar-refractivity contribution >= 4 is 17.4 Å². The van der Waals surface area contributed by atoms with Crippen LogP contribution in [0.1, 0.15) is 36.9 Å². The second kappa shape index (κ2) is 7.42. The molecule has 2 fully saturated rings. The summed E-state index contributed by atoms with van der Waals surface area (Å²) in [6.45, 7) is 5.58. The monoisotopic (exact) mass is 323 g/mol. The molecule has 0 unspecified atom stereocenters. The zero-order valence-corrected chi connectivity index (χ0v) is 14.0. The van der Waals surface area contributed by atoms with Crippen molar-refractivity contribution in [2.24, 2.45) is 11.8 Å². The predicted octanol–water partition coefficient (Wildman–Crippen LogP) is 2.66. The fourth-order valence-corrected chi connectivity index (χ4v) is 3.83. The molecule has 2 heterocycles. The molecule has 1 saturated heterocycles. The van der Waals surface area contributed by atoms with Crippen molar-refractivity contribution in [3.8, 4) is 0 Å². The standard InChI is InChI=1S/C16H25N3O2S/c1-2-15-18-14(11-22-15)8-17-16(20)19-6-7-21-10-13(9-19)12-4-3-5-12/h11-13H,2-10H2,1H3,(H,17,20)/t13-/m0/s1. The van der Waals surface area contributed by atoms with Crippen molar-refractivity contribution in [2.45, 2.75) is 39.2 Å². The summed E-state index contributed by atoms with van der Waals surface area (Å²) in [5, 5.41) is 6.16. The van der Waals surface area contributed by atoms with Crippen molar-refractivity contribution in [3.63, 3.8) is 0 Å². The highest BCUT2D eigenvalue weighted by Gasteiger charge is 2.31. The second-order valence-electron chi connectivity index (χ2n) is 6.22. The van der Waals surface area contributed by atoms with Crippen LogP contribution in [-0.4, -0.2) is 42.2 Å². The van der Waals surface area contributed by atoms with Crippen LogP contribution in [0.3, 0.4) is 0 Å². The molecule has 122 valence electrons. The van der Waals surface area contributed by atoms with E-state index in [1.165, 1.54) is 19.3 Å². The summed E-state index contributed by atoms with van der Waals surface area (Å²) in [4.78, 5) is 18.8. The molecule has 1 aliphatic carbocycles. The van der Waals surface area contributed by atoms with Gasteiger partial charge < -0.3 is 15.0 Å². The first-order valence-electron chi connectivity index (χ1n) is 8.30. The Balaban J connectivity index is 1.51. The molecule has 1 aliphatic heterocycles. The molecular formula is C16H25N3O2S. The van der Waals surface area contributed by atoms with Gasteiger partial charge in [-0.15, -0.1) is 11.3 Å². The first kappa shape index (κ1) is 15.7. The summed E-state index contributed by atoms with van der Waals surface area (Å²) >= 11 is 1.66. The van der Waals surface area contributed by atoms with Crippen LogP contribution >= 0.6 is 11.3 Å². The highest BCUT2D eigenvalue weighted by atomic mass is 32.1. The Kier molecular flexibility index (Phi) is 5.31. The number of urea groups is 1. The van der Waals surface area contributed by atoms with Gasteiger partial charge in [0.15, 0.2) is 0 Å². The Morgan fingerprint density at radius 2 is 2.36 bits per heavy atom. The molecule has 1 atom stereocenters. The molecule has 2 amide bonds. The normalized spacial score (nSPS) is 23.0. The topological polar surface area (TPSA) is 54.5 Å². The SMILES string of the molecule is CCc1nc(CNC(=O)N2CCOC[C@@H](C3CCC3)C2)cs1. The molecule has 22 heavy (non-hydrogen) atoms. The number of hydrogen-bond donors (Lipinski definition) is 1. The molecule has 5 nitrogen and oxygen atoms in total. The molecule has 0 spiro atoms. The summed E-state index contributed by atoms with van der Waals surface area (Å²) < 4.78 is 5.69. The fraction of sp³-hybridized carbons (Fsp3) is 0.750. The summed E-state index contributed by atoms with van der Waals surface area (Å²) in [7, 11) is 0. The van der Waals surface area contributed by atoms with Crippen LogP contribution in [0.25, 0.3) is 0 Å². The van der Waals surface area contributed by atoms with Gasteiger partial charge >= 0.3 is 6.03 Å². The third-order valence-electron chi connectivity index (χ3n) is 4.72. The summed E-state index contributed by atoms with van der Waals surface area (Å²) in [6, 6.07) is 0.0147. The molecule has 1 N–H and O–H groups in total. The predicted molar refractivity (Wildman–Crippen MR) is 87.0 cm³/mol. The van der Waals surface area contributed by atoms with Gasteiger partial charge in [-0.2, -0.15) is 0 Å². The second-order valence-corrected chi connectivity index (χ2v) is 7.16. The van der Waals surface area contributed by atoms with Crippen LogP contribution in [0.5, 0.6) is 0 Å². The fourth-order valence-electron chi connectivity index (χ4n) is 3.09. The van der Waals surface area contributed by atoms with E-state index in [4.69, 9.17) is 4.74 Å². The van der Waals surface area contributed by atoms with E-state index < -0.39 is 0 Å². The summed E-state index contributed by atoms with van der Waals surface area (Å²) in [6.07, 6.45) is 4.87. The van der Waals surface area contributed by atoms with Gasteiger partial charge in [0.1, 0.15) is 0 Å². The zero-order valence-electron chi connectivity index (χ0n) is 13.2. The lowest BCUT2D eigenvalue weighted by atomic mass is 9.76. The van der Waals surface area contributed by atoms with E-state index in [0.29, 0.717) is 25.6 Å². The maximum Gasteiger partial charge on any atom is 0.317 e. The number of carbonyl (C=O) groups excluding carboxylic acids is 1. The number of nitrogens with one attached hydrogen (secondary N) is 1. The number of thiazole rings is 1. The van der Waals surface area contributed by atoms with E-state index in [2.05, 4.69) is 17.2 Å². The average Bonchev–Trinajstić information content (AvgIpc) is 2.81. The number of carbonyl (C=O) groups is 1. The highest BCUT2D eigenvalue weighted by Crippen LogP contribution is 2.34. The lowest BCUT2D eigenvalue weighted by Gasteiger charge is -2.34. The number of ether oxygens (including phenoxy) is 1. The minimum Gasteiger partial charge on any atom is -0.379 e. The largest absolute Gasteiger partial charge is 0.379 e. The van der Waals surface area contributed by atoms with Crippen LogP contribution in [0, 0.1) is 11.8 Å². The molecule has 0 aromatic carbocycles. The molecule has 1 aromatic heterocycles. The van der Waals surface area contributed by atoms with E-state index >= 15 is 0 Å². The minimum absolute atomic E-state index is 0.0147. The molecule has 1 aromatic rings. The number of amides is 2. The molecule has 2 aliphatic rings. The van der Waals surface area contributed by atoms with Crippen molar-refractivity contribution in [3.05, 3.63) is 16.1 Å². The number of rotatable bonds is 4. The third-order valence-corrected chi connectivity index (χ3v) is 5.76. The Bertz CT molecular complexity index is 501. The number of aryl methyl sites for hydroxylation is 1. The number of hydrogen-bond acceptors (Lipinski definition) is 4. The van der Waals surface area contributed by atoms with Gasteiger partial charge in [-0.05, 0) is 12.3 Å². The summed E-state index contributed by atoms with van der Waals surface area (Å²) in [5.74, 6) is 1.26. The van der Waals surface area contributed by atoms with Crippen LogP contribution < -0.4 is 5.32 Å². The average molecular weight is 323 g/mol. The van der Waals surface area contributed by atoms with E-state index in [1.54, 1.807) is 11.3 Å². The Morgan fingerprint density at radius 3 is 3.05 bits per heavy atom. The lowest BCUT2D eigenvalue weighted by Crippen LogP contribution is -2.44. The van der Waals surface area contributed by atoms with Crippen molar-refractivity contribution < 1.29 is 9.53 Å². The summed E-state index contributed by atoms with van der Waals surface area (Å²) in [5.41, 5.74) is 0.955. The molecule has 0 radical (unpaired) electrons. The highest BCUT2D eigenvalue weighted by molar-refractivity contribution is 7.09. The minimum atomic E-state index is 0.0147. The number of aromatic nitrogens is 1. The van der Waals surface area contributed by atoms with E-state index in [-0.39, 0.29) is 6.03 Å². The molecular weight excluding hydrogens is 298 g/mol. The first-order valence-corrected chi connectivity index (χ1v) is 9.18. The van der Waals surface area contributed by atoms with E-state index in [9.17, 15) is 4.79 Å². The van der Waals surface area contributed by atoms with Crippen LogP contribution in [0.4, 0.5) is 4.79 Å². The van der Waals surface area contributed by atoms with Gasteiger partial charge in [0.25, 0.3) is 0 Å². The van der Waals surface area contributed by atoms with Gasteiger partial charge in [-0.25, -0.2) is 9.78 Å². The zero-order chi connectivity index (χ0) is 15.4. The van der Waals surface area contributed by atoms with E-state index in [1.807, 2.05) is 10.3 Å². The van der Waals surface area contributed by atoms with Gasteiger partial charge in [0.05, 0.1) is 30.5 Å². The van der Waals surface area contributed by atoms with Crippen LogP contribution in [0.2, 0.25) is 0 Å². The van der Waals surface area contributed by atoms with Crippen LogP contribution in [-0.2, 0) is 17.7 Å². The molecule has 0 bridgehead atoms. The lowest BCUT2D eigenvalue weighted by molar-refractivity contribution is 0.0775. The molecule has 6 heteroatoms. The van der Waals surface area contributed by atoms with Gasteiger partial charge in [-0.1, -0.05) is 26.2 Å². The third kappa shape index (κ3) is 3.79. The Hall–Kier alpha value is -1.14. The quantitative estimate of drug-likeness (QED) is 0.927. The smallest absolute Gasteiger partial charge is 0.317 e. The molecule has 3 rings (SSSR count). The number of nitrogens with zero attached hydrogens (tertiary/aromatic N) is 2. The maximum atomic E-state index is 12.4.